The Morgan fingerprint density at radius 1 is 0.333 bits per heavy atom. The molecule has 100 valence electrons. The minimum Gasteiger partial charge on any atom is -0.0845 e. The van der Waals surface area contributed by atoms with Gasteiger partial charge in [-0.1, -0.05) is 61.4 Å². The van der Waals surface area contributed by atoms with E-state index in [0.717, 1.165) is 0 Å². The van der Waals surface area contributed by atoms with Crippen LogP contribution in [0.5, 0.6) is 0 Å². The maximum absolute atomic E-state index is 2.30. The van der Waals surface area contributed by atoms with Crippen molar-refractivity contribution in [3.63, 3.8) is 0 Å². The molecule has 0 aromatic carbocycles. The van der Waals surface area contributed by atoms with Crippen molar-refractivity contribution in [2.75, 3.05) is 0 Å². The van der Waals surface area contributed by atoms with E-state index in [-0.39, 0.29) is 0 Å². The van der Waals surface area contributed by atoms with Gasteiger partial charge < -0.3 is 0 Å². The summed E-state index contributed by atoms with van der Waals surface area (Å²) < 4.78 is 0. The molecule has 0 bridgehead atoms. The summed E-state index contributed by atoms with van der Waals surface area (Å²) in [6.07, 6.45) is 31.0. The van der Waals surface area contributed by atoms with E-state index >= 15 is 0 Å². The van der Waals surface area contributed by atoms with Crippen LogP contribution in [0.25, 0.3) is 0 Å². The van der Waals surface area contributed by atoms with Gasteiger partial charge in [0, 0.05) is 0 Å². The third kappa shape index (κ3) is 10.1. The van der Waals surface area contributed by atoms with Crippen molar-refractivity contribution in [3.05, 3.63) is 48.6 Å². The van der Waals surface area contributed by atoms with Gasteiger partial charge >= 0.3 is 0 Å². The van der Waals surface area contributed by atoms with Gasteiger partial charge in [0.25, 0.3) is 0 Å². The summed E-state index contributed by atoms with van der Waals surface area (Å²) in [5.74, 6) is 0. The van der Waals surface area contributed by atoms with E-state index in [9.17, 15) is 0 Å². The number of rotatable bonds is 0. The topological polar surface area (TPSA) is 0 Å². The summed E-state index contributed by atoms with van der Waals surface area (Å²) in [6, 6.07) is 0. The average Bonchev–Trinajstić information content (AvgIpc) is 2.39. The van der Waals surface area contributed by atoms with Crippen LogP contribution < -0.4 is 0 Å². The Hall–Kier alpha value is -1.04. The Labute approximate surface area is 113 Å². The maximum atomic E-state index is 2.30. The molecule has 0 nitrogen and oxygen atoms in total. The van der Waals surface area contributed by atoms with Crippen molar-refractivity contribution in [2.24, 2.45) is 0 Å². The van der Waals surface area contributed by atoms with E-state index in [4.69, 9.17) is 0 Å². The van der Waals surface area contributed by atoms with Gasteiger partial charge in [0.15, 0.2) is 0 Å². The first-order valence-corrected chi connectivity index (χ1v) is 7.63. The van der Waals surface area contributed by atoms with Crippen LogP contribution in [0, 0.1) is 0 Å². The van der Waals surface area contributed by atoms with Crippen molar-refractivity contribution >= 4 is 0 Å². The number of allylic oxidation sites excluding steroid dienone is 8. The van der Waals surface area contributed by atoms with Gasteiger partial charge in [0.2, 0.25) is 0 Å². The maximum Gasteiger partial charge on any atom is -0.0348 e. The lowest BCUT2D eigenvalue weighted by molar-refractivity contribution is 0.694. The summed E-state index contributed by atoms with van der Waals surface area (Å²) in [5.41, 5.74) is 0. The van der Waals surface area contributed by atoms with Gasteiger partial charge in [-0.15, -0.1) is 0 Å². The molecule has 0 aromatic rings. The van der Waals surface area contributed by atoms with Crippen LogP contribution in [0.15, 0.2) is 48.6 Å². The van der Waals surface area contributed by atoms with Crippen molar-refractivity contribution < 1.29 is 0 Å². The van der Waals surface area contributed by atoms with Gasteiger partial charge in [-0.05, 0) is 51.4 Å². The zero-order chi connectivity index (χ0) is 12.7. The second kappa shape index (κ2) is 12.4. The van der Waals surface area contributed by atoms with Crippen molar-refractivity contribution in [3.8, 4) is 0 Å². The first kappa shape index (κ1) is 15.0. The number of hydrogen-bond donors (Lipinski definition) is 0. The van der Waals surface area contributed by atoms with Crippen LogP contribution in [0.1, 0.15) is 64.2 Å². The summed E-state index contributed by atoms with van der Waals surface area (Å²) >= 11 is 0. The summed E-state index contributed by atoms with van der Waals surface area (Å²) in [5, 5.41) is 0. The summed E-state index contributed by atoms with van der Waals surface area (Å²) in [6.45, 7) is 0. The predicted octanol–water partition coefficient (Wildman–Crippen LogP) is 6.13. The molecular formula is C18H28. The van der Waals surface area contributed by atoms with Crippen LogP contribution in [0.4, 0.5) is 0 Å². The molecule has 0 heterocycles. The third-order valence-corrected chi connectivity index (χ3v) is 3.25. The largest absolute Gasteiger partial charge is 0.0845 e. The molecule has 0 fully saturated rings. The molecule has 0 N–H and O–H groups in total. The quantitative estimate of drug-likeness (QED) is 0.481. The molecule has 1 rings (SSSR count). The van der Waals surface area contributed by atoms with Gasteiger partial charge in [-0.2, -0.15) is 0 Å². The molecule has 0 saturated carbocycles. The lowest BCUT2D eigenvalue weighted by Crippen LogP contribution is -1.76. The van der Waals surface area contributed by atoms with Crippen LogP contribution in [-0.2, 0) is 0 Å². The van der Waals surface area contributed by atoms with Crippen molar-refractivity contribution in [1.82, 2.24) is 0 Å². The number of hydrogen-bond acceptors (Lipinski definition) is 0. The summed E-state index contributed by atoms with van der Waals surface area (Å²) in [7, 11) is 0. The fraction of sp³-hybridized carbons (Fsp3) is 0.556. The van der Waals surface area contributed by atoms with E-state index in [2.05, 4.69) is 48.6 Å². The van der Waals surface area contributed by atoms with E-state index in [1.165, 1.54) is 64.2 Å². The highest BCUT2D eigenvalue weighted by Gasteiger charge is 1.87. The van der Waals surface area contributed by atoms with Crippen molar-refractivity contribution in [1.29, 1.82) is 0 Å². The second-order valence-electron chi connectivity index (χ2n) is 4.99. The van der Waals surface area contributed by atoms with Gasteiger partial charge in [0.1, 0.15) is 0 Å². The van der Waals surface area contributed by atoms with Crippen LogP contribution in [-0.4, -0.2) is 0 Å². The molecule has 18 heavy (non-hydrogen) atoms. The average molecular weight is 244 g/mol. The molecular weight excluding hydrogens is 216 g/mol. The first-order valence-electron chi connectivity index (χ1n) is 7.63. The highest BCUT2D eigenvalue weighted by Crippen LogP contribution is 2.07. The molecule has 0 saturated heterocycles. The van der Waals surface area contributed by atoms with Crippen LogP contribution >= 0.6 is 0 Å². The molecule has 1 aliphatic rings. The summed E-state index contributed by atoms with van der Waals surface area (Å²) in [4.78, 5) is 0. The standard InChI is InChI=1S/C18H28/c1-2-4-6-8-10-12-14-16-18-17-15-13-11-9-7-5-3-1/h1-4,15-18H,5-14H2/b3-1-,4-2-,17-15-,18-16-. The third-order valence-electron chi connectivity index (χ3n) is 3.25. The molecule has 0 aromatic heterocycles. The van der Waals surface area contributed by atoms with Crippen LogP contribution in [0.3, 0.4) is 0 Å². The first-order chi connectivity index (χ1) is 9.00. The zero-order valence-corrected chi connectivity index (χ0v) is 11.7. The Bertz CT molecular complexity index is 220. The fourth-order valence-electron chi connectivity index (χ4n) is 2.10. The molecule has 0 atom stereocenters. The van der Waals surface area contributed by atoms with Crippen LogP contribution in [0.2, 0.25) is 0 Å². The normalized spacial score (nSPS) is 27.6. The Morgan fingerprint density at radius 3 is 0.889 bits per heavy atom. The molecule has 0 unspecified atom stereocenters. The lowest BCUT2D eigenvalue weighted by Gasteiger charge is -1.96. The van der Waals surface area contributed by atoms with Gasteiger partial charge in [-0.3, -0.25) is 0 Å². The van der Waals surface area contributed by atoms with Gasteiger partial charge in [-0.25, -0.2) is 0 Å². The fourth-order valence-corrected chi connectivity index (χ4v) is 2.10. The Morgan fingerprint density at radius 2 is 0.611 bits per heavy atom. The molecule has 0 amide bonds. The minimum atomic E-state index is 1.23. The monoisotopic (exact) mass is 244 g/mol. The van der Waals surface area contributed by atoms with E-state index in [0.29, 0.717) is 0 Å². The minimum absolute atomic E-state index is 1.23. The smallest absolute Gasteiger partial charge is 0.0348 e. The second-order valence-corrected chi connectivity index (χ2v) is 4.99. The SMILES string of the molecule is C1=C\CCCCC/C=C\C=C/CCCCC\C=C/1. The highest BCUT2D eigenvalue weighted by atomic mass is 13.9. The lowest BCUT2D eigenvalue weighted by atomic mass is 10.1. The van der Waals surface area contributed by atoms with E-state index in [1.54, 1.807) is 0 Å². The van der Waals surface area contributed by atoms with Gasteiger partial charge in [0.05, 0.1) is 0 Å². The van der Waals surface area contributed by atoms with E-state index in [1.807, 2.05) is 0 Å². The molecule has 0 heteroatoms. The van der Waals surface area contributed by atoms with Crippen molar-refractivity contribution in [2.45, 2.75) is 64.2 Å². The molecule has 0 radical (unpaired) electrons. The van der Waals surface area contributed by atoms with E-state index < -0.39 is 0 Å². The Kier molecular flexibility index (Phi) is 10.4. The molecule has 0 aliphatic heterocycles. The predicted molar refractivity (Wildman–Crippen MR) is 82.7 cm³/mol. The zero-order valence-electron chi connectivity index (χ0n) is 11.7. The molecule has 1 aliphatic carbocycles. The Balaban J connectivity index is 2.25. The molecule has 0 spiro atoms. The highest BCUT2D eigenvalue weighted by molar-refractivity contribution is 5.03.